The second kappa shape index (κ2) is 6.01. The number of carbonyl (C=O) groups is 1. The van der Waals surface area contributed by atoms with Gasteiger partial charge in [-0.3, -0.25) is 9.78 Å². The van der Waals surface area contributed by atoms with Crippen molar-refractivity contribution in [2.45, 2.75) is 0 Å². The number of nitrogen functional groups attached to an aromatic ring is 1. The number of nitrogens with zero attached hydrogens (tertiary/aromatic N) is 3. The van der Waals surface area contributed by atoms with Gasteiger partial charge in [-0.25, -0.2) is 4.39 Å². The molecule has 1 fully saturated rings. The number of hydrogen-bond acceptors (Lipinski definition) is 4. The van der Waals surface area contributed by atoms with Crippen molar-refractivity contribution < 1.29 is 9.18 Å². The van der Waals surface area contributed by atoms with Gasteiger partial charge < -0.3 is 15.5 Å². The molecule has 1 aliphatic heterocycles. The van der Waals surface area contributed by atoms with Crippen LogP contribution in [0.25, 0.3) is 0 Å². The first-order valence-corrected chi connectivity index (χ1v) is 7.14. The van der Waals surface area contributed by atoms with Crippen LogP contribution in [0.1, 0.15) is 10.4 Å². The molecule has 0 aliphatic carbocycles. The monoisotopic (exact) mass is 300 g/mol. The van der Waals surface area contributed by atoms with E-state index in [0.29, 0.717) is 37.4 Å². The molecular weight excluding hydrogens is 283 g/mol. The van der Waals surface area contributed by atoms with Gasteiger partial charge >= 0.3 is 0 Å². The Hall–Kier alpha value is -2.63. The van der Waals surface area contributed by atoms with Gasteiger partial charge in [-0.1, -0.05) is 0 Å². The van der Waals surface area contributed by atoms with Crippen molar-refractivity contribution >= 4 is 17.3 Å². The topological polar surface area (TPSA) is 62.5 Å². The summed E-state index contributed by atoms with van der Waals surface area (Å²) in [6, 6.07) is 8.03. The van der Waals surface area contributed by atoms with Crippen LogP contribution in [-0.2, 0) is 0 Å². The number of hydrogen-bond donors (Lipinski definition) is 1. The van der Waals surface area contributed by atoms with Crippen molar-refractivity contribution in [1.82, 2.24) is 9.88 Å². The quantitative estimate of drug-likeness (QED) is 0.918. The van der Waals surface area contributed by atoms with E-state index in [1.54, 1.807) is 29.3 Å². The fourth-order valence-corrected chi connectivity index (χ4v) is 2.57. The van der Waals surface area contributed by atoms with Crippen LogP contribution in [0.4, 0.5) is 15.8 Å². The number of halogens is 1. The van der Waals surface area contributed by atoms with Crippen molar-refractivity contribution in [2.24, 2.45) is 0 Å². The lowest BCUT2D eigenvalue weighted by Crippen LogP contribution is -2.49. The summed E-state index contributed by atoms with van der Waals surface area (Å²) in [6.07, 6.45) is 3.07. The Morgan fingerprint density at radius 2 is 1.77 bits per heavy atom. The fraction of sp³-hybridized carbons (Fsp3) is 0.250. The Kier molecular flexibility index (Phi) is 3.91. The fourth-order valence-electron chi connectivity index (χ4n) is 2.57. The molecule has 1 aliphatic rings. The molecule has 2 aromatic rings. The molecule has 0 unspecified atom stereocenters. The number of rotatable bonds is 2. The minimum atomic E-state index is -0.246. The molecule has 0 atom stereocenters. The highest BCUT2D eigenvalue weighted by Crippen LogP contribution is 2.19. The highest BCUT2D eigenvalue weighted by Gasteiger charge is 2.23. The molecule has 1 amide bonds. The summed E-state index contributed by atoms with van der Waals surface area (Å²) in [5.74, 6) is -0.339. The molecule has 2 heterocycles. The summed E-state index contributed by atoms with van der Waals surface area (Å²) in [4.78, 5) is 20.3. The van der Waals surface area contributed by atoms with E-state index in [-0.39, 0.29) is 11.7 Å². The van der Waals surface area contributed by atoms with Gasteiger partial charge in [-0.15, -0.1) is 0 Å². The van der Waals surface area contributed by atoms with Crippen LogP contribution in [0.5, 0.6) is 0 Å². The van der Waals surface area contributed by atoms with E-state index >= 15 is 0 Å². The van der Waals surface area contributed by atoms with Gasteiger partial charge in [0.25, 0.3) is 5.91 Å². The smallest absolute Gasteiger partial charge is 0.257 e. The molecule has 6 heteroatoms. The average Bonchev–Trinajstić information content (AvgIpc) is 2.56. The average molecular weight is 300 g/mol. The Labute approximate surface area is 128 Å². The van der Waals surface area contributed by atoms with E-state index < -0.39 is 0 Å². The van der Waals surface area contributed by atoms with Crippen LogP contribution in [0, 0.1) is 5.82 Å². The normalized spacial score (nSPS) is 15.0. The van der Waals surface area contributed by atoms with Crippen LogP contribution in [-0.4, -0.2) is 42.0 Å². The Balaban J connectivity index is 1.65. The van der Waals surface area contributed by atoms with Gasteiger partial charge in [0.05, 0.1) is 5.56 Å². The summed E-state index contributed by atoms with van der Waals surface area (Å²) in [5, 5.41) is 0. The maximum absolute atomic E-state index is 13.0. The van der Waals surface area contributed by atoms with E-state index in [1.165, 1.54) is 18.3 Å². The number of amides is 1. The number of pyridine rings is 1. The van der Waals surface area contributed by atoms with E-state index in [0.717, 1.165) is 5.69 Å². The summed E-state index contributed by atoms with van der Waals surface area (Å²) >= 11 is 0. The van der Waals surface area contributed by atoms with Gasteiger partial charge in [0.2, 0.25) is 0 Å². The number of aromatic nitrogens is 1. The molecule has 22 heavy (non-hydrogen) atoms. The van der Waals surface area contributed by atoms with Crippen molar-refractivity contribution in [1.29, 1.82) is 0 Å². The van der Waals surface area contributed by atoms with Gasteiger partial charge in [-0.2, -0.15) is 0 Å². The SMILES string of the molecule is Nc1ccncc1C(=O)N1CCN(c2ccc(F)cc2)CC1. The van der Waals surface area contributed by atoms with Gasteiger partial charge in [0.15, 0.2) is 0 Å². The zero-order chi connectivity index (χ0) is 15.5. The number of carbonyl (C=O) groups excluding carboxylic acids is 1. The number of piperazine rings is 1. The van der Waals surface area contributed by atoms with E-state index in [1.807, 2.05) is 0 Å². The molecule has 3 rings (SSSR count). The Morgan fingerprint density at radius 1 is 1.09 bits per heavy atom. The van der Waals surface area contributed by atoms with Crippen LogP contribution in [0.2, 0.25) is 0 Å². The summed E-state index contributed by atoms with van der Waals surface area (Å²) in [7, 11) is 0. The molecule has 114 valence electrons. The zero-order valence-corrected chi connectivity index (χ0v) is 12.1. The molecule has 1 aromatic heterocycles. The second-order valence-electron chi connectivity index (χ2n) is 5.22. The Morgan fingerprint density at radius 3 is 2.41 bits per heavy atom. The van der Waals surface area contributed by atoms with Crippen molar-refractivity contribution in [3.05, 3.63) is 54.1 Å². The molecule has 0 spiro atoms. The number of anilines is 2. The molecule has 2 N–H and O–H groups in total. The lowest BCUT2D eigenvalue weighted by Gasteiger charge is -2.36. The van der Waals surface area contributed by atoms with Crippen LogP contribution < -0.4 is 10.6 Å². The van der Waals surface area contributed by atoms with Crippen molar-refractivity contribution in [3.63, 3.8) is 0 Å². The predicted molar refractivity (Wildman–Crippen MR) is 83.2 cm³/mol. The first-order chi connectivity index (χ1) is 10.6. The first kappa shape index (κ1) is 14.3. The zero-order valence-electron chi connectivity index (χ0n) is 12.1. The molecule has 1 aromatic carbocycles. The third-order valence-electron chi connectivity index (χ3n) is 3.84. The molecule has 0 radical (unpaired) electrons. The van der Waals surface area contributed by atoms with E-state index in [4.69, 9.17) is 5.73 Å². The summed E-state index contributed by atoms with van der Waals surface area (Å²) in [5.41, 5.74) is 7.68. The first-order valence-electron chi connectivity index (χ1n) is 7.14. The number of benzene rings is 1. The molecule has 5 nitrogen and oxygen atoms in total. The molecule has 0 bridgehead atoms. The molecular formula is C16H17FN4O. The van der Waals surface area contributed by atoms with Crippen molar-refractivity contribution in [3.8, 4) is 0 Å². The van der Waals surface area contributed by atoms with Gasteiger partial charge in [-0.05, 0) is 30.3 Å². The van der Waals surface area contributed by atoms with Crippen LogP contribution in [0.3, 0.4) is 0 Å². The standard InChI is InChI=1S/C16H17FN4O/c17-12-1-3-13(4-2-12)20-7-9-21(10-8-20)16(22)14-11-19-6-5-15(14)18/h1-6,11H,7-10H2,(H2,18,19). The minimum Gasteiger partial charge on any atom is -0.398 e. The van der Waals surface area contributed by atoms with Crippen LogP contribution >= 0.6 is 0 Å². The van der Waals surface area contributed by atoms with Crippen molar-refractivity contribution in [2.75, 3.05) is 36.8 Å². The van der Waals surface area contributed by atoms with E-state index in [9.17, 15) is 9.18 Å². The van der Waals surface area contributed by atoms with Crippen LogP contribution in [0.15, 0.2) is 42.7 Å². The number of nitrogens with two attached hydrogens (primary N) is 1. The third kappa shape index (κ3) is 2.86. The second-order valence-corrected chi connectivity index (χ2v) is 5.22. The van der Waals surface area contributed by atoms with Gasteiger partial charge in [0.1, 0.15) is 5.82 Å². The summed E-state index contributed by atoms with van der Waals surface area (Å²) < 4.78 is 13.0. The Bertz CT molecular complexity index is 666. The largest absolute Gasteiger partial charge is 0.398 e. The molecule has 0 saturated carbocycles. The maximum atomic E-state index is 13.0. The third-order valence-corrected chi connectivity index (χ3v) is 3.84. The maximum Gasteiger partial charge on any atom is 0.257 e. The van der Waals surface area contributed by atoms with E-state index in [2.05, 4.69) is 9.88 Å². The molecule has 1 saturated heterocycles. The highest BCUT2D eigenvalue weighted by molar-refractivity contribution is 5.98. The lowest BCUT2D eigenvalue weighted by molar-refractivity contribution is 0.0747. The summed E-state index contributed by atoms with van der Waals surface area (Å²) in [6.45, 7) is 2.62. The predicted octanol–water partition coefficient (Wildman–Crippen LogP) is 1.77. The minimum absolute atomic E-state index is 0.0932. The van der Waals surface area contributed by atoms with Gasteiger partial charge in [0, 0.05) is 49.9 Å². The lowest BCUT2D eigenvalue weighted by atomic mass is 10.2. The highest BCUT2D eigenvalue weighted by atomic mass is 19.1.